The van der Waals surface area contributed by atoms with E-state index in [4.69, 9.17) is 0 Å². The number of nitrogens with one attached hydrogen (secondary N) is 1. The Labute approximate surface area is 145 Å². The summed E-state index contributed by atoms with van der Waals surface area (Å²) in [4.78, 5) is 24.1. The summed E-state index contributed by atoms with van der Waals surface area (Å²) in [6, 6.07) is 13.2. The number of aryl methyl sites for hydroxylation is 1. The SMILES string of the molecule is CCn1c(=O)sc2cc(NC(=O)Cc3cccc(Br)c3)ccc21. The molecule has 1 aromatic heterocycles. The van der Waals surface area contributed by atoms with E-state index in [-0.39, 0.29) is 10.8 Å². The zero-order valence-electron chi connectivity index (χ0n) is 12.5. The molecule has 0 fully saturated rings. The Kier molecular flexibility index (Phi) is 4.63. The van der Waals surface area contributed by atoms with E-state index in [2.05, 4.69) is 21.2 Å². The molecule has 1 amide bonds. The first kappa shape index (κ1) is 16.0. The molecule has 4 nitrogen and oxygen atoms in total. The second-order valence-electron chi connectivity index (χ2n) is 5.15. The molecular formula is C17H15BrN2O2S. The molecule has 0 aliphatic rings. The summed E-state index contributed by atoms with van der Waals surface area (Å²) in [6.45, 7) is 2.59. The first-order chi connectivity index (χ1) is 11.1. The molecule has 0 aliphatic carbocycles. The van der Waals surface area contributed by atoms with Gasteiger partial charge >= 0.3 is 4.87 Å². The van der Waals surface area contributed by atoms with Gasteiger partial charge in [-0.3, -0.25) is 14.2 Å². The van der Waals surface area contributed by atoms with Crippen molar-refractivity contribution in [3.63, 3.8) is 0 Å². The van der Waals surface area contributed by atoms with Crippen LogP contribution in [0, 0.1) is 0 Å². The van der Waals surface area contributed by atoms with Crippen LogP contribution in [-0.4, -0.2) is 10.5 Å². The number of halogens is 1. The lowest BCUT2D eigenvalue weighted by atomic mass is 10.1. The van der Waals surface area contributed by atoms with Crippen LogP contribution in [0.25, 0.3) is 10.2 Å². The number of fused-ring (bicyclic) bond motifs is 1. The van der Waals surface area contributed by atoms with Crippen LogP contribution in [0.2, 0.25) is 0 Å². The maximum atomic E-state index is 12.2. The summed E-state index contributed by atoms with van der Waals surface area (Å²) in [5, 5.41) is 2.89. The second-order valence-corrected chi connectivity index (χ2v) is 7.06. The van der Waals surface area contributed by atoms with Gasteiger partial charge in [0.2, 0.25) is 5.91 Å². The van der Waals surface area contributed by atoms with E-state index in [9.17, 15) is 9.59 Å². The predicted octanol–water partition coefficient (Wildman–Crippen LogP) is 4.03. The largest absolute Gasteiger partial charge is 0.326 e. The van der Waals surface area contributed by atoms with Crippen molar-refractivity contribution in [2.24, 2.45) is 0 Å². The highest BCUT2D eigenvalue weighted by Gasteiger charge is 2.09. The molecule has 0 aliphatic heterocycles. The van der Waals surface area contributed by atoms with Crippen LogP contribution in [0.15, 0.2) is 51.7 Å². The van der Waals surface area contributed by atoms with Gasteiger partial charge in [0.15, 0.2) is 0 Å². The van der Waals surface area contributed by atoms with Crippen molar-refractivity contribution in [1.29, 1.82) is 0 Å². The van der Waals surface area contributed by atoms with Gasteiger partial charge in [0.25, 0.3) is 0 Å². The Morgan fingerprint density at radius 3 is 2.83 bits per heavy atom. The molecule has 0 bridgehead atoms. The minimum Gasteiger partial charge on any atom is -0.326 e. The fourth-order valence-electron chi connectivity index (χ4n) is 2.48. The van der Waals surface area contributed by atoms with E-state index in [1.165, 1.54) is 11.3 Å². The number of carbonyl (C=O) groups is 1. The van der Waals surface area contributed by atoms with Gasteiger partial charge in [-0.25, -0.2) is 0 Å². The molecule has 0 atom stereocenters. The number of benzene rings is 2. The highest BCUT2D eigenvalue weighted by Crippen LogP contribution is 2.22. The molecule has 0 radical (unpaired) electrons. The standard InChI is InChI=1S/C17H15BrN2O2S/c1-2-20-14-7-6-13(10-15(14)23-17(20)22)19-16(21)9-11-4-3-5-12(18)8-11/h3-8,10H,2,9H2,1H3,(H,19,21). The molecule has 3 aromatic rings. The molecule has 1 heterocycles. The maximum absolute atomic E-state index is 12.2. The molecular weight excluding hydrogens is 376 g/mol. The fourth-order valence-corrected chi connectivity index (χ4v) is 3.92. The Morgan fingerprint density at radius 2 is 2.09 bits per heavy atom. The summed E-state index contributed by atoms with van der Waals surface area (Å²) < 4.78 is 3.57. The molecule has 23 heavy (non-hydrogen) atoms. The highest BCUT2D eigenvalue weighted by molar-refractivity contribution is 9.10. The highest BCUT2D eigenvalue weighted by atomic mass is 79.9. The van der Waals surface area contributed by atoms with E-state index in [1.807, 2.05) is 49.4 Å². The lowest BCUT2D eigenvalue weighted by molar-refractivity contribution is -0.115. The number of thiazole rings is 1. The average Bonchev–Trinajstić information content (AvgIpc) is 2.81. The molecule has 2 aromatic carbocycles. The van der Waals surface area contributed by atoms with Crippen LogP contribution in [0.3, 0.4) is 0 Å². The van der Waals surface area contributed by atoms with Crippen molar-refractivity contribution in [2.45, 2.75) is 19.9 Å². The van der Waals surface area contributed by atoms with Crippen molar-refractivity contribution in [3.05, 3.63) is 62.2 Å². The van der Waals surface area contributed by atoms with Crippen molar-refractivity contribution in [1.82, 2.24) is 4.57 Å². The molecule has 0 saturated heterocycles. The van der Waals surface area contributed by atoms with E-state index >= 15 is 0 Å². The van der Waals surface area contributed by atoms with Gasteiger partial charge in [-0.1, -0.05) is 39.4 Å². The topological polar surface area (TPSA) is 51.1 Å². The van der Waals surface area contributed by atoms with Gasteiger partial charge in [-0.2, -0.15) is 0 Å². The molecule has 0 unspecified atom stereocenters. The average molecular weight is 391 g/mol. The van der Waals surface area contributed by atoms with E-state index < -0.39 is 0 Å². The Balaban J connectivity index is 1.78. The van der Waals surface area contributed by atoms with Crippen LogP contribution in [0.1, 0.15) is 12.5 Å². The van der Waals surface area contributed by atoms with Gasteiger partial charge < -0.3 is 5.32 Å². The Hall–Kier alpha value is -1.92. The fraction of sp³-hybridized carbons (Fsp3) is 0.176. The van der Waals surface area contributed by atoms with E-state index in [0.29, 0.717) is 18.7 Å². The molecule has 118 valence electrons. The van der Waals surface area contributed by atoms with Gasteiger partial charge in [0.1, 0.15) is 0 Å². The number of aromatic nitrogens is 1. The summed E-state index contributed by atoms with van der Waals surface area (Å²) in [5.74, 6) is -0.0790. The molecule has 0 saturated carbocycles. The first-order valence-corrected chi connectivity index (χ1v) is 8.85. The van der Waals surface area contributed by atoms with E-state index in [0.717, 1.165) is 20.3 Å². The summed E-state index contributed by atoms with van der Waals surface area (Å²) >= 11 is 4.60. The third kappa shape index (κ3) is 3.54. The quantitative estimate of drug-likeness (QED) is 0.730. The van der Waals surface area contributed by atoms with Crippen molar-refractivity contribution in [2.75, 3.05) is 5.32 Å². The third-order valence-corrected chi connectivity index (χ3v) is 4.96. The first-order valence-electron chi connectivity index (χ1n) is 7.24. The van der Waals surface area contributed by atoms with Crippen molar-refractivity contribution >= 4 is 49.1 Å². The summed E-state index contributed by atoms with van der Waals surface area (Å²) in [5.41, 5.74) is 2.56. The lowest BCUT2D eigenvalue weighted by Gasteiger charge is -2.06. The number of carbonyl (C=O) groups excluding carboxylic acids is 1. The summed E-state index contributed by atoms with van der Waals surface area (Å²) in [6.07, 6.45) is 0.309. The molecule has 0 spiro atoms. The van der Waals surface area contributed by atoms with Gasteiger partial charge in [-0.15, -0.1) is 0 Å². The molecule has 6 heteroatoms. The number of hydrogen-bond donors (Lipinski definition) is 1. The minimum atomic E-state index is -0.0790. The number of rotatable bonds is 4. The number of nitrogens with zero attached hydrogens (tertiary/aromatic N) is 1. The van der Waals surface area contributed by atoms with Crippen molar-refractivity contribution < 1.29 is 4.79 Å². The zero-order chi connectivity index (χ0) is 16.4. The summed E-state index contributed by atoms with van der Waals surface area (Å²) in [7, 11) is 0. The van der Waals surface area contributed by atoms with Gasteiger partial charge in [0, 0.05) is 16.7 Å². The van der Waals surface area contributed by atoms with Crippen LogP contribution in [0.4, 0.5) is 5.69 Å². The third-order valence-electron chi connectivity index (χ3n) is 3.52. The minimum absolute atomic E-state index is 0.0279. The monoisotopic (exact) mass is 390 g/mol. The molecule has 1 N–H and O–H groups in total. The van der Waals surface area contributed by atoms with Crippen LogP contribution in [-0.2, 0) is 17.8 Å². The molecule has 3 rings (SSSR count). The van der Waals surface area contributed by atoms with E-state index in [1.54, 1.807) is 4.57 Å². The Morgan fingerprint density at radius 1 is 1.26 bits per heavy atom. The van der Waals surface area contributed by atoms with Crippen molar-refractivity contribution in [3.8, 4) is 0 Å². The normalized spacial score (nSPS) is 10.9. The number of anilines is 1. The van der Waals surface area contributed by atoms with Crippen LogP contribution >= 0.6 is 27.3 Å². The number of amides is 1. The second kappa shape index (κ2) is 6.68. The Bertz CT molecular complexity index is 930. The zero-order valence-corrected chi connectivity index (χ0v) is 14.9. The van der Waals surface area contributed by atoms with Crippen LogP contribution < -0.4 is 10.2 Å². The maximum Gasteiger partial charge on any atom is 0.308 e. The number of hydrogen-bond acceptors (Lipinski definition) is 3. The predicted molar refractivity (Wildman–Crippen MR) is 98.2 cm³/mol. The lowest BCUT2D eigenvalue weighted by Crippen LogP contribution is -2.14. The van der Waals surface area contributed by atoms with Gasteiger partial charge in [-0.05, 0) is 42.8 Å². The smallest absolute Gasteiger partial charge is 0.308 e. The van der Waals surface area contributed by atoms with Crippen LogP contribution in [0.5, 0.6) is 0 Å². The van der Waals surface area contributed by atoms with Gasteiger partial charge in [0.05, 0.1) is 16.6 Å².